The molecule has 2 aromatic carbocycles. The van der Waals surface area contributed by atoms with Crippen molar-refractivity contribution >= 4 is 23.5 Å². The molecule has 7 heteroatoms. The monoisotopic (exact) mass is 391 g/mol. The number of benzene rings is 2. The molecule has 2 rings (SSSR count). The summed E-state index contributed by atoms with van der Waals surface area (Å²) in [5.41, 5.74) is 3.16. The molecule has 0 heterocycles. The van der Waals surface area contributed by atoms with Crippen molar-refractivity contribution in [2.45, 2.75) is 27.3 Å². The van der Waals surface area contributed by atoms with E-state index in [0.717, 1.165) is 22.3 Å². The molecule has 0 aliphatic carbocycles. The van der Waals surface area contributed by atoms with Gasteiger partial charge in [0.25, 0.3) is 5.91 Å². The fourth-order valence-corrected chi connectivity index (χ4v) is 2.55. The Balaban J connectivity index is 1.73. The molecule has 0 aliphatic rings. The first-order valence-corrected chi connectivity index (χ1v) is 8.74. The van der Waals surface area contributed by atoms with Gasteiger partial charge < -0.3 is 19.9 Å². The second-order valence-electron chi connectivity index (χ2n) is 6.22. The third kappa shape index (κ3) is 6.18. The van der Waals surface area contributed by atoms with Crippen molar-refractivity contribution in [1.82, 2.24) is 5.32 Å². The van der Waals surface area contributed by atoms with E-state index in [2.05, 4.69) is 5.32 Å². The summed E-state index contributed by atoms with van der Waals surface area (Å²) in [4.78, 5) is 23.5. The van der Waals surface area contributed by atoms with Crippen molar-refractivity contribution in [3.8, 4) is 11.5 Å². The summed E-state index contributed by atoms with van der Waals surface area (Å²) in [5.74, 6) is -0.325. The van der Waals surface area contributed by atoms with Crippen LogP contribution in [0, 0.1) is 20.8 Å². The molecule has 0 atom stereocenters. The van der Waals surface area contributed by atoms with Crippen molar-refractivity contribution in [3.05, 3.63) is 57.6 Å². The summed E-state index contributed by atoms with van der Waals surface area (Å²) in [6.45, 7) is 4.99. The van der Waals surface area contributed by atoms with Crippen molar-refractivity contribution in [2.75, 3.05) is 13.2 Å². The fourth-order valence-electron chi connectivity index (χ4n) is 2.44. The zero-order chi connectivity index (χ0) is 20.0. The molecule has 0 saturated carbocycles. The summed E-state index contributed by atoms with van der Waals surface area (Å²) in [7, 11) is 0. The van der Waals surface area contributed by atoms with Crippen LogP contribution in [0.5, 0.6) is 11.5 Å². The number of nitrogens with one attached hydrogen (secondary N) is 1. The van der Waals surface area contributed by atoms with Gasteiger partial charge in [-0.15, -0.1) is 0 Å². The van der Waals surface area contributed by atoms with E-state index in [1.54, 1.807) is 44.2 Å². The lowest BCUT2D eigenvalue weighted by molar-refractivity contribution is -0.150. The number of rotatable bonds is 7. The van der Waals surface area contributed by atoms with Crippen molar-refractivity contribution in [2.24, 2.45) is 0 Å². The first-order valence-electron chi connectivity index (χ1n) is 8.36. The Bertz CT molecular complexity index is 827. The maximum absolute atomic E-state index is 11.8. The number of halogens is 1. The highest BCUT2D eigenvalue weighted by molar-refractivity contribution is 6.31. The molecule has 0 unspecified atom stereocenters. The number of hydrogen-bond acceptors (Lipinski definition) is 5. The minimum atomic E-state index is -0.644. The number of carbonyl (C=O) groups excluding carboxylic acids is 2. The zero-order valence-electron chi connectivity index (χ0n) is 15.5. The van der Waals surface area contributed by atoms with Crippen LogP contribution in [0.2, 0.25) is 5.02 Å². The van der Waals surface area contributed by atoms with E-state index in [4.69, 9.17) is 21.1 Å². The number of amides is 1. The molecule has 0 aromatic heterocycles. The van der Waals surface area contributed by atoms with E-state index < -0.39 is 18.5 Å². The van der Waals surface area contributed by atoms with Crippen LogP contribution in [0.25, 0.3) is 0 Å². The van der Waals surface area contributed by atoms with Gasteiger partial charge in [0, 0.05) is 11.6 Å². The Morgan fingerprint density at radius 1 is 1.04 bits per heavy atom. The molecule has 0 aliphatic heterocycles. The smallest absolute Gasteiger partial charge is 0.344 e. The molecular weight excluding hydrogens is 370 g/mol. The van der Waals surface area contributed by atoms with Crippen LogP contribution in [0.3, 0.4) is 0 Å². The summed E-state index contributed by atoms with van der Waals surface area (Å²) in [5, 5.41) is 13.0. The van der Waals surface area contributed by atoms with Gasteiger partial charge in [-0.25, -0.2) is 4.79 Å². The van der Waals surface area contributed by atoms with Crippen molar-refractivity contribution < 1.29 is 24.2 Å². The lowest BCUT2D eigenvalue weighted by atomic mass is 10.1. The quantitative estimate of drug-likeness (QED) is 0.708. The van der Waals surface area contributed by atoms with Gasteiger partial charge in [0.2, 0.25) is 0 Å². The Morgan fingerprint density at radius 2 is 1.70 bits per heavy atom. The van der Waals surface area contributed by atoms with Gasteiger partial charge in [-0.05, 0) is 61.2 Å². The van der Waals surface area contributed by atoms with Crippen LogP contribution in [0.15, 0.2) is 30.3 Å². The highest BCUT2D eigenvalue weighted by Gasteiger charge is 2.10. The number of ether oxygens (including phenoxy) is 2. The zero-order valence-corrected chi connectivity index (χ0v) is 16.2. The SMILES string of the molecule is Cc1cc(OCC(=O)OCC(=O)NCc2cc(C)c(O)c(C)c2)ccc1Cl. The third-order valence-corrected chi connectivity index (χ3v) is 4.31. The number of esters is 1. The van der Waals surface area contributed by atoms with E-state index in [-0.39, 0.29) is 18.9 Å². The van der Waals surface area contributed by atoms with Gasteiger partial charge >= 0.3 is 5.97 Å². The van der Waals surface area contributed by atoms with E-state index in [9.17, 15) is 14.7 Å². The summed E-state index contributed by atoms with van der Waals surface area (Å²) in [6.07, 6.45) is 0. The van der Waals surface area contributed by atoms with Crippen LogP contribution >= 0.6 is 11.6 Å². The molecule has 0 bridgehead atoms. The molecule has 144 valence electrons. The predicted octanol–water partition coefficient (Wildman–Crippen LogP) is 3.21. The van der Waals surface area contributed by atoms with Gasteiger partial charge in [0.15, 0.2) is 13.2 Å². The Morgan fingerprint density at radius 3 is 2.33 bits per heavy atom. The van der Waals surface area contributed by atoms with Crippen molar-refractivity contribution in [3.63, 3.8) is 0 Å². The van der Waals surface area contributed by atoms with Crippen LogP contribution in [0.1, 0.15) is 22.3 Å². The first-order chi connectivity index (χ1) is 12.8. The van der Waals surface area contributed by atoms with Crippen molar-refractivity contribution in [1.29, 1.82) is 0 Å². The first kappa shape index (κ1) is 20.6. The molecule has 6 nitrogen and oxygen atoms in total. The van der Waals surface area contributed by atoms with E-state index in [0.29, 0.717) is 10.8 Å². The summed E-state index contributed by atoms with van der Waals surface area (Å²) >= 11 is 5.92. The molecular formula is C20H22ClNO5. The second-order valence-corrected chi connectivity index (χ2v) is 6.62. The lowest BCUT2D eigenvalue weighted by Gasteiger charge is -2.10. The summed E-state index contributed by atoms with van der Waals surface area (Å²) in [6, 6.07) is 8.62. The summed E-state index contributed by atoms with van der Waals surface area (Å²) < 4.78 is 10.2. The maximum Gasteiger partial charge on any atom is 0.344 e. The number of phenols is 1. The number of phenolic OH excluding ortho intramolecular Hbond substituents is 1. The number of carbonyl (C=O) groups is 2. The molecule has 0 fully saturated rings. The highest BCUT2D eigenvalue weighted by atomic mass is 35.5. The van der Waals surface area contributed by atoms with Gasteiger partial charge in [-0.1, -0.05) is 23.7 Å². The topological polar surface area (TPSA) is 84.9 Å². The molecule has 2 N–H and O–H groups in total. The molecule has 0 saturated heterocycles. The standard InChI is InChI=1S/C20H22ClNO5/c1-12-8-16(4-5-17(12)21)26-11-19(24)27-10-18(23)22-9-15-6-13(2)20(25)14(3)7-15/h4-8,25H,9-11H2,1-3H3,(H,22,23). The van der Waals surface area contributed by atoms with Crippen LogP contribution in [-0.2, 0) is 20.9 Å². The van der Waals surface area contributed by atoms with Gasteiger partial charge in [-0.3, -0.25) is 4.79 Å². The third-order valence-electron chi connectivity index (χ3n) is 3.89. The van der Waals surface area contributed by atoms with E-state index in [1.165, 1.54) is 0 Å². The van der Waals surface area contributed by atoms with Gasteiger partial charge in [0.1, 0.15) is 11.5 Å². The fraction of sp³-hybridized carbons (Fsp3) is 0.300. The lowest BCUT2D eigenvalue weighted by Crippen LogP contribution is -2.29. The average molecular weight is 392 g/mol. The molecule has 0 radical (unpaired) electrons. The van der Waals surface area contributed by atoms with E-state index in [1.807, 2.05) is 6.92 Å². The maximum atomic E-state index is 11.8. The average Bonchev–Trinajstić information content (AvgIpc) is 2.63. The molecule has 27 heavy (non-hydrogen) atoms. The van der Waals surface area contributed by atoms with Gasteiger partial charge in [-0.2, -0.15) is 0 Å². The molecule has 1 amide bonds. The minimum Gasteiger partial charge on any atom is -0.507 e. The number of aryl methyl sites for hydroxylation is 3. The normalized spacial score (nSPS) is 10.4. The van der Waals surface area contributed by atoms with Crippen LogP contribution < -0.4 is 10.1 Å². The second kappa shape index (κ2) is 9.28. The number of aromatic hydroxyl groups is 1. The minimum absolute atomic E-state index is 0.245. The van der Waals surface area contributed by atoms with E-state index >= 15 is 0 Å². The Labute approximate surface area is 163 Å². The molecule has 0 spiro atoms. The Kier molecular flexibility index (Phi) is 7.07. The predicted molar refractivity (Wildman–Crippen MR) is 102 cm³/mol. The molecule has 2 aromatic rings. The largest absolute Gasteiger partial charge is 0.507 e. The van der Waals surface area contributed by atoms with Crippen LogP contribution in [-0.4, -0.2) is 30.2 Å². The number of hydrogen-bond donors (Lipinski definition) is 2. The van der Waals surface area contributed by atoms with Crippen LogP contribution in [0.4, 0.5) is 0 Å². The highest BCUT2D eigenvalue weighted by Crippen LogP contribution is 2.23. The Hall–Kier alpha value is -2.73. The van der Waals surface area contributed by atoms with Gasteiger partial charge in [0.05, 0.1) is 0 Å².